The van der Waals surface area contributed by atoms with Crippen molar-refractivity contribution in [1.82, 2.24) is 16.0 Å². The Kier molecular flexibility index (Phi) is 2.67. The molecule has 0 bridgehead atoms. The van der Waals surface area contributed by atoms with E-state index in [1.165, 1.54) is 0 Å². The van der Waals surface area contributed by atoms with Crippen LogP contribution in [0.2, 0.25) is 0 Å². The molecule has 5 nitrogen and oxygen atoms in total. The Morgan fingerprint density at radius 1 is 1.36 bits per heavy atom. The van der Waals surface area contributed by atoms with E-state index in [0.29, 0.717) is 13.0 Å². The third-order valence-electron chi connectivity index (χ3n) is 2.80. The van der Waals surface area contributed by atoms with Gasteiger partial charge in [-0.2, -0.15) is 0 Å². The van der Waals surface area contributed by atoms with Crippen molar-refractivity contribution >= 4 is 11.8 Å². The first-order valence-electron chi connectivity index (χ1n) is 5.06. The van der Waals surface area contributed by atoms with Gasteiger partial charge in [-0.15, -0.1) is 0 Å². The smallest absolute Gasteiger partial charge is 0.242 e. The van der Waals surface area contributed by atoms with Crippen molar-refractivity contribution in [2.45, 2.75) is 18.9 Å². The maximum atomic E-state index is 11.6. The van der Waals surface area contributed by atoms with Crippen molar-refractivity contribution in [3.05, 3.63) is 0 Å². The van der Waals surface area contributed by atoms with Crippen molar-refractivity contribution in [2.24, 2.45) is 5.92 Å². The summed E-state index contributed by atoms with van der Waals surface area (Å²) in [6, 6.07) is -0.303. The van der Waals surface area contributed by atoms with Crippen molar-refractivity contribution in [3.8, 4) is 0 Å². The summed E-state index contributed by atoms with van der Waals surface area (Å²) in [6.45, 7) is 2.31. The van der Waals surface area contributed by atoms with Crippen LogP contribution in [0.25, 0.3) is 0 Å². The van der Waals surface area contributed by atoms with Gasteiger partial charge in [0.15, 0.2) is 0 Å². The monoisotopic (exact) mass is 197 g/mol. The number of rotatable bonds is 2. The van der Waals surface area contributed by atoms with E-state index in [1.54, 1.807) is 0 Å². The summed E-state index contributed by atoms with van der Waals surface area (Å²) in [7, 11) is 0. The molecule has 0 spiro atoms. The zero-order valence-electron chi connectivity index (χ0n) is 8.01. The van der Waals surface area contributed by atoms with Crippen LogP contribution in [0, 0.1) is 5.92 Å². The topological polar surface area (TPSA) is 70.2 Å². The average molecular weight is 197 g/mol. The van der Waals surface area contributed by atoms with Crippen LogP contribution in [0.5, 0.6) is 0 Å². The molecule has 3 N–H and O–H groups in total. The zero-order chi connectivity index (χ0) is 9.97. The molecule has 78 valence electrons. The van der Waals surface area contributed by atoms with Gasteiger partial charge in [0.2, 0.25) is 11.8 Å². The second-order valence-corrected chi connectivity index (χ2v) is 3.83. The largest absolute Gasteiger partial charge is 0.354 e. The second kappa shape index (κ2) is 3.96. The highest BCUT2D eigenvalue weighted by molar-refractivity contribution is 5.89. The summed E-state index contributed by atoms with van der Waals surface area (Å²) >= 11 is 0. The van der Waals surface area contributed by atoms with E-state index in [4.69, 9.17) is 0 Å². The summed E-state index contributed by atoms with van der Waals surface area (Å²) < 4.78 is 0. The van der Waals surface area contributed by atoms with Crippen LogP contribution >= 0.6 is 0 Å². The van der Waals surface area contributed by atoms with E-state index in [2.05, 4.69) is 16.0 Å². The van der Waals surface area contributed by atoms with Crippen LogP contribution in [0.1, 0.15) is 12.8 Å². The zero-order valence-corrected chi connectivity index (χ0v) is 8.01. The molecule has 0 aromatic heterocycles. The lowest BCUT2D eigenvalue weighted by Crippen LogP contribution is -2.43. The molecule has 0 radical (unpaired) electrons. The van der Waals surface area contributed by atoms with E-state index >= 15 is 0 Å². The van der Waals surface area contributed by atoms with Crippen LogP contribution < -0.4 is 16.0 Å². The van der Waals surface area contributed by atoms with E-state index < -0.39 is 0 Å². The Bertz CT molecular complexity index is 248. The van der Waals surface area contributed by atoms with Crippen LogP contribution in [0.15, 0.2) is 0 Å². The van der Waals surface area contributed by atoms with Crippen molar-refractivity contribution in [1.29, 1.82) is 0 Å². The first kappa shape index (κ1) is 9.45. The third-order valence-corrected chi connectivity index (χ3v) is 2.80. The first-order valence-corrected chi connectivity index (χ1v) is 5.06. The Balaban J connectivity index is 1.84. The highest BCUT2D eigenvalue weighted by atomic mass is 16.2. The average Bonchev–Trinajstić information content (AvgIpc) is 2.77. The van der Waals surface area contributed by atoms with Crippen molar-refractivity contribution in [3.63, 3.8) is 0 Å². The van der Waals surface area contributed by atoms with Gasteiger partial charge in [0.05, 0.1) is 5.92 Å². The number of carbonyl (C=O) groups excluding carboxylic acids is 2. The molecule has 2 rings (SSSR count). The lowest BCUT2D eigenvalue weighted by atomic mass is 10.1. The molecule has 2 heterocycles. The third kappa shape index (κ3) is 1.87. The SMILES string of the molecule is O=C(N[C@H]1CCNC1=O)C1CCNC1. The molecule has 2 saturated heterocycles. The molecule has 1 unspecified atom stereocenters. The minimum atomic E-state index is -0.303. The Labute approximate surface area is 82.6 Å². The van der Waals surface area contributed by atoms with Crippen LogP contribution in [-0.4, -0.2) is 37.5 Å². The van der Waals surface area contributed by atoms with Crippen molar-refractivity contribution in [2.75, 3.05) is 19.6 Å². The van der Waals surface area contributed by atoms with Gasteiger partial charge in [-0.05, 0) is 19.4 Å². The summed E-state index contributed by atoms with van der Waals surface area (Å²) in [4.78, 5) is 22.8. The Morgan fingerprint density at radius 3 is 2.79 bits per heavy atom. The Morgan fingerprint density at radius 2 is 2.21 bits per heavy atom. The molecule has 2 aliphatic rings. The molecule has 0 aromatic rings. The highest BCUT2D eigenvalue weighted by Crippen LogP contribution is 2.09. The molecule has 2 atom stereocenters. The summed E-state index contributed by atoms with van der Waals surface area (Å²) in [5.41, 5.74) is 0. The van der Waals surface area contributed by atoms with Gasteiger partial charge >= 0.3 is 0 Å². The first-order chi connectivity index (χ1) is 6.77. The normalized spacial score (nSPS) is 31.6. The molecular formula is C9H15N3O2. The number of amides is 2. The summed E-state index contributed by atoms with van der Waals surface area (Å²) in [5, 5.41) is 8.60. The number of carbonyl (C=O) groups is 2. The standard InChI is InChI=1S/C9H15N3O2/c13-8(6-1-3-10-5-6)12-7-2-4-11-9(7)14/h6-7,10H,1-5H2,(H,11,14)(H,12,13)/t6?,7-/m0/s1. The van der Waals surface area contributed by atoms with Gasteiger partial charge in [0.25, 0.3) is 0 Å². The van der Waals surface area contributed by atoms with Crippen molar-refractivity contribution < 1.29 is 9.59 Å². The lowest BCUT2D eigenvalue weighted by molar-refractivity contribution is -0.129. The van der Waals surface area contributed by atoms with E-state index in [-0.39, 0.29) is 23.8 Å². The molecule has 14 heavy (non-hydrogen) atoms. The van der Waals surface area contributed by atoms with E-state index in [1.807, 2.05) is 0 Å². The maximum Gasteiger partial charge on any atom is 0.242 e. The summed E-state index contributed by atoms with van der Waals surface area (Å²) in [6.07, 6.45) is 1.59. The van der Waals surface area contributed by atoms with Gasteiger partial charge < -0.3 is 16.0 Å². The Hall–Kier alpha value is -1.10. The van der Waals surface area contributed by atoms with Crippen LogP contribution in [0.4, 0.5) is 0 Å². The minimum Gasteiger partial charge on any atom is -0.354 e. The fourth-order valence-electron chi connectivity index (χ4n) is 1.90. The lowest BCUT2D eigenvalue weighted by Gasteiger charge is -2.13. The molecule has 2 fully saturated rings. The molecular weight excluding hydrogens is 182 g/mol. The fourth-order valence-corrected chi connectivity index (χ4v) is 1.90. The second-order valence-electron chi connectivity index (χ2n) is 3.83. The van der Waals surface area contributed by atoms with Gasteiger partial charge in [-0.1, -0.05) is 0 Å². The van der Waals surface area contributed by atoms with E-state index in [0.717, 1.165) is 19.5 Å². The van der Waals surface area contributed by atoms with Gasteiger partial charge in [0.1, 0.15) is 6.04 Å². The van der Waals surface area contributed by atoms with Gasteiger partial charge in [0, 0.05) is 13.1 Å². The quantitative estimate of drug-likeness (QED) is 0.510. The number of hydrogen-bond acceptors (Lipinski definition) is 3. The molecule has 0 aromatic carbocycles. The van der Waals surface area contributed by atoms with Gasteiger partial charge in [-0.3, -0.25) is 9.59 Å². The molecule has 5 heteroatoms. The minimum absolute atomic E-state index is 0.0112. The maximum absolute atomic E-state index is 11.6. The fraction of sp³-hybridized carbons (Fsp3) is 0.778. The van der Waals surface area contributed by atoms with Crippen LogP contribution in [-0.2, 0) is 9.59 Å². The number of nitrogens with one attached hydrogen (secondary N) is 3. The van der Waals surface area contributed by atoms with Crippen LogP contribution in [0.3, 0.4) is 0 Å². The molecule has 2 aliphatic heterocycles. The van der Waals surface area contributed by atoms with E-state index in [9.17, 15) is 9.59 Å². The predicted molar refractivity (Wildman–Crippen MR) is 50.5 cm³/mol. The number of hydrogen-bond donors (Lipinski definition) is 3. The molecule has 0 saturated carbocycles. The van der Waals surface area contributed by atoms with Gasteiger partial charge in [-0.25, -0.2) is 0 Å². The predicted octanol–water partition coefficient (Wildman–Crippen LogP) is -1.40. The summed E-state index contributed by atoms with van der Waals surface area (Å²) in [5.74, 6) is 0.00440. The molecule has 0 aliphatic carbocycles. The molecule has 2 amide bonds. The highest BCUT2D eigenvalue weighted by Gasteiger charge is 2.29.